The first kappa shape index (κ1) is 33.8. The predicted molar refractivity (Wildman–Crippen MR) is 147 cm³/mol. The van der Waals surface area contributed by atoms with E-state index in [1.165, 1.54) is 19.2 Å². The monoisotopic (exact) mass is 624 g/mol. The molecule has 3 rings (SSSR count). The molecule has 0 radical (unpaired) electrons. The van der Waals surface area contributed by atoms with Gasteiger partial charge in [-0.25, -0.2) is 8.78 Å². The van der Waals surface area contributed by atoms with Gasteiger partial charge in [-0.15, -0.1) is 0 Å². The molecule has 0 aliphatic carbocycles. The Morgan fingerprint density at radius 2 is 1.59 bits per heavy atom. The summed E-state index contributed by atoms with van der Waals surface area (Å²) < 4.78 is 65.1. The topological polar surface area (TPSA) is 152 Å². The number of carbonyl (C=O) groups excluding carboxylic acids is 5. The van der Waals surface area contributed by atoms with Gasteiger partial charge in [-0.2, -0.15) is 8.78 Å². The van der Waals surface area contributed by atoms with Gasteiger partial charge >= 0.3 is 11.8 Å². The minimum Gasteiger partial charge on any atom is -0.497 e. The number of amides is 4. The van der Waals surface area contributed by atoms with Gasteiger partial charge in [-0.3, -0.25) is 24.0 Å². The van der Waals surface area contributed by atoms with Crippen molar-refractivity contribution in [2.75, 3.05) is 25.6 Å². The molecule has 4 amide bonds. The highest BCUT2D eigenvalue weighted by molar-refractivity contribution is 6.40. The van der Waals surface area contributed by atoms with Gasteiger partial charge < -0.3 is 30.7 Å². The smallest absolute Gasteiger partial charge is 0.313 e. The van der Waals surface area contributed by atoms with Crippen molar-refractivity contribution in [2.45, 2.75) is 45.2 Å². The molecule has 0 spiro atoms. The van der Waals surface area contributed by atoms with Crippen LogP contribution in [0.2, 0.25) is 0 Å². The van der Waals surface area contributed by atoms with E-state index in [0.717, 1.165) is 0 Å². The van der Waals surface area contributed by atoms with E-state index >= 15 is 0 Å². The van der Waals surface area contributed by atoms with Crippen molar-refractivity contribution >= 4 is 35.1 Å². The fourth-order valence-corrected chi connectivity index (χ4v) is 4.41. The number of methoxy groups -OCH3 is 1. The van der Waals surface area contributed by atoms with Gasteiger partial charge in [0.1, 0.15) is 18.4 Å². The number of benzene rings is 2. The first-order valence-electron chi connectivity index (χ1n) is 13.6. The fraction of sp³-hybridized carbons (Fsp3) is 0.414. The van der Waals surface area contributed by atoms with Crippen LogP contribution in [0.1, 0.15) is 33.1 Å². The van der Waals surface area contributed by atoms with Crippen LogP contribution >= 0.6 is 0 Å². The molecule has 15 heteroatoms. The van der Waals surface area contributed by atoms with Crippen molar-refractivity contribution in [1.82, 2.24) is 16.0 Å². The van der Waals surface area contributed by atoms with Gasteiger partial charge in [0.15, 0.2) is 23.2 Å². The first-order chi connectivity index (χ1) is 20.8. The number of hydrogen-bond acceptors (Lipinski definition) is 7. The molecule has 4 N–H and O–H groups in total. The first-order valence-corrected chi connectivity index (χ1v) is 13.6. The molecule has 238 valence electrons. The number of hydrogen-bond donors (Lipinski definition) is 4. The largest absolute Gasteiger partial charge is 0.497 e. The highest BCUT2D eigenvalue weighted by Gasteiger charge is 2.34. The summed E-state index contributed by atoms with van der Waals surface area (Å²) in [4.78, 5) is 63.8. The van der Waals surface area contributed by atoms with Gasteiger partial charge in [-0.1, -0.05) is 13.8 Å². The van der Waals surface area contributed by atoms with Gasteiger partial charge in [-0.05, 0) is 49.4 Å². The summed E-state index contributed by atoms with van der Waals surface area (Å²) in [5.41, 5.74) is 0.280. The van der Waals surface area contributed by atoms with E-state index in [0.29, 0.717) is 18.7 Å². The maximum absolute atomic E-state index is 14.0. The molecule has 0 saturated carbocycles. The van der Waals surface area contributed by atoms with Crippen molar-refractivity contribution in [3.8, 4) is 11.5 Å². The Labute approximate surface area is 250 Å². The normalized spacial score (nSPS) is 15.6. The summed E-state index contributed by atoms with van der Waals surface area (Å²) in [6.45, 7) is 2.67. The molecule has 1 aliphatic heterocycles. The lowest BCUT2D eigenvalue weighted by atomic mass is 9.95. The van der Waals surface area contributed by atoms with Crippen molar-refractivity contribution in [1.29, 1.82) is 0 Å². The molecule has 1 aliphatic rings. The van der Waals surface area contributed by atoms with E-state index in [2.05, 4.69) is 21.3 Å². The molecule has 1 saturated heterocycles. The Bertz CT molecular complexity index is 1380. The second-order valence-corrected chi connectivity index (χ2v) is 10.5. The molecular formula is C29H32F4N4O7. The molecule has 0 aromatic heterocycles. The number of Topliss-reactive ketones (excluding diaryl/α,β-unsaturated/α-hetero) is 1. The Morgan fingerprint density at radius 3 is 2.14 bits per heavy atom. The molecule has 2 aromatic carbocycles. The van der Waals surface area contributed by atoms with Crippen molar-refractivity contribution in [3.63, 3.8) is 0 Å². The second kappa shape index (κ2) is 15.2. The molecule has 1 fully saturated rings. The Balaban J connectivity index is 1.74. The zero-order valence-electron chi connectivity index (χ0n) is 24.1. The van der Waals surface area contributed by atoms with Crippen LogP contribution in [0.25, 0.3) is 0 Å². The van der Waals surface area contributed by atoms with Gasteiger partial charge in [0.25, 0.3) is 0 Å². The lowest BCUT2D eigenvalue weighted by Gasteiger charge is -2.25. The van der Waals surface area contributed by atoms with Crippen LogP contribution in [0.4, 0.5) is 23.2 Å². The van der Waals surface area contributed by atoms with E-state index < -0.39 is 83.0 Å². The van der Waals surface area contributed by atoms with Crippen LogP contribution in [-0.4, -0.2) is 61.8 Å². The van der Waals surface area contributed by atoms with E-state index in [4.69, 9.17) is 9.47 Å². The van der Waals surface area contributed by atoms with Crippen LogP contribution < -0.4 is 30.7 Å². The number of carbonyl (C=O) groups is 5. The quantitative estimate of drug-likeness (QED) is 0.152. The Morgan fingerprint density at radius 1 is 0.955 bits per heavy atom. The molecule has 0 unspecified atom stereocenters. The fourth-order valence-electron chi connectivity index (χ4n) is 4.41. The van der Waals surface area contributed by atoms with Gasteiger partial charge in [0.2, 0.25) is 23.4 Å². The number of anilines is 1. The molecule has 2 aromatic rings. The molecule has 0 bridgehead atoms. The summed E-state index contributed by atoms with van der Waals surface area (Å²) >= 11 is 0. The average Bonchev–Trinajstić information content (AvgIpc) is 3.39. The van der Waals surface area contributed by atoms with Crippen molar-refractivity contribution in [2.24, 2.45) is 11.8 Å². The number of rotatable bonds is 13. The third-order valence-corrected chi connectivity index (χ3v) is 6.70. The Kier molecular flexibility index (Phi) is 11.6. The number of halogens is 4. The highest BCUT2D eigenvalue weighted by Crippen LogP contribution is 2.27. The maximum atomic E-state index is 14.0. The van der Waals surface area contributed by atoms with Crippen molar-refractivity contribution in [3.05, 3.63) is 53.6 Å². The third-order valence-electron chi connectivity index (χ3n) is 6.70. The van der Waals surface area contributed by atoms with Crippen LogP contribution in [0.3, 0.4) is 0 Å². The maximum Gasteiger partial charge on any atom is 0.313 e. The lowest BCUT2D eigenvalue weighted by molar-refractivity contribution is -0.138. The summed E-state index contributed by atoms with van der Waals surface area (Å²) in [7, 11) is 1.46. The lowest BCUT2D eigenvalue weighted by Crippen LogP contribution is -2.54. The number of ketones is 1. The molecule has 11 nitrogen and oxygen atoms in total. The number of ether oxygens (including phenoxy) is 2. The highest BCUT2D eigenvalue weighted by atomic mass is 19.2. The van der Waals surface area contributed by atoms with Crippen LogP contribution in [0.5, 0.6) is 11.5 Å². The second-order valence-electron chi connectivity index (χ2n) is 10.5. The summed E-state index contributed by atoms with van der Waals surface area (Å²) in [5.74, 6) is -13.6. The molecule has 44 heavy (non-hydrogen) atoms. The zero-order chi connectivity index (χ0) is 32.6. The minimum absolute atomic E-state index is 0.0263. The Hall–Kier alpha value is -4.69. The summed E-state index contributed by atoms with van der Waals surface area (Å²) in [5, 5.41) is 9.72. The molecule has 1 heterocycles. The molecule has 3 atom stereocenters. The van der Waals surface area contributed by atoms with E-state index in [9.17, 15) is 41.5 Å². The van der Waals surface area contributed by atoms with Crippen LogP contribution in [-0.2, 0) is 24.0 Å². The average molecular weight is 625 g/mol. The zero-order valence-corrected chi connectivity index (χ0v) is 24.1. The summed E-state index contributed by atoms with van der Waals surface area (Å²) in [6.07, 6.45) is 0.103. The van der Waals surface area contributed by atoms with Crippen LogP contribution in [0, 0.1) is 35.1 Å². The summed E-state index contributed by atoms with van der Waals surface area (Å²) in [6, 6.07) is 3.29. The SMILES string of the molecule is COc1ccc(NC(=O)C(=O)N[C@@H](CC(C)C)C(=O)N[C@@H](C[C@@H]2CCNC2=O)C(=O)COc2c(F)c(F)cc(F)c2F)cc1. The molecular weight excluding hydrogens is 592 g/mol. The van der Waals surface area contributed by atoms with Crippen molar-refractivity contribution < 1.29 is 51.0 Å². The van der Waals surface area contributed by atoms with Gasteiger partial charge in [0.05, 0.1) is 13.2 Å². The van der Waals surface area contributed by atoms with E-state index in [1.807, 2.05) is 0 Å². The van der Waals surface area contributed by atoms with E-state index in [1.54, 1.807) is 26.0 Å². The minimum atomic E-state index is -1.86. The number of nitrogens with one attached hydrogen (secondary N) is 4. The third kappa shape index (κ3) is 8.91. The predicted octanol–water partition coefficient (Wildman–Crippen LogP) is 2.38. The van der Waals surface area contributed by atoms with Gasteiger partial charge in [0, 0.05) is 24.2 Å². The van der Waals surface area contributed by atoms with E-state index in [-0.39, 0.29) is 30.5 Å². The van der Waals surface area contributed by atoms with Crippen LogP contribution in [0.15, 0.2) is 30.3 Å². The standard InChI is InChI=1S/C29H32F4N4O7/c1-14(2)10-21(37-29(42)28(41)35-16-4-6-17(43-3)7-5-16)27(40)36-20(11-15-8-9-34-26(15)39)22(38)13-44-25-23(32)18(30)12-19(31)24(25)33/h4-7,12,14-15,20-21H,8-11,13H2,1-3H3,(H,34,39)(H,35,41)(H,36,40)(H,37,42)/t15-,20-,21-/m0/s1.